The van der Waals surface area contributed by atoms with Crippen LogP contribution in [0.4, 0.5) is 0 Å². The second kappa shape index (κ2) is 9.00. The third-order valence-corrected chi connectivity index (χ3v) is 6.48. The van der Waals surface area contributed by atoms with E-state index in [0.29, 0.717) is 34.5 Å². The lowest BCUT2D eigenvalue weighted by atomic mass is 9.97. The largest absolute Gasteiger partial charge is 0.504 e. The van der Waals surface area contributed by atoms with E-state index in [1.807, 2.05) is 24.3 Å². The first-order valence-corrected chi connectivity index (χ1v) is 11.4. The number of hydrogen-bond donors (Lipinski definition) is 1. The molecule has 2 heterocycles. The Morgan fingerprint density at radius 2 is 1.77 bits per heavy atom. The Morgan fingerprint density at radius 1 is 1.00 bits per heavy atom. The smallest absolute Gasteiger partial charge is 0.290 e. The van der Waals surface area contributed by atoms with Gasteiger partial charge in [-0.25, -0.2) is 0 Å². The maximum absolute atomic E-state index is 13.6. The summed E-state index contributed by atoms with van der Waals surface area (Å²) in [5.41, 5.74) is 1.85. The molecule has 1 N–H and O–H groups in total. The lowest BCUT2D eigenvalue weighted by Gasteiger charge is -2.25. The predicted octanol–water partition coefficient (Wildman–Crippen LogP) is 4.96. The topological polar surface area (TPSA) is 89.2 Å². The zero-order valence-corrected chi connectivity index (χ0v) is 19.8. The number of amides is 1. The number of methoxy groups -OCH3 is 2. The van der Waals surface area contributed by atoms with Gasteiger partial charge in [-0.3, -0.25) is 9.59 Å². The second-order valence-electron chi connectivity index (χ2n) is 8.24. The van der Waals surface area contributed by atoms with Crippen LogP contribution in [-0.4, -0.2) is 36.7 Å². The van der Waals surface area contributed by atoms with Crippen LogP contribution in [0.5, 0.6) is 17.2 Å². The van der Waals surface area contributed by atoms with Gasteiger partial charge in [-0.05, 0) is 60.0 Å². The van der Waals surface area contributed by atoms with E-state index in [-0.39, 0.29) is 34.2 Å². The highest BCUT2D eigenvalue weighted by Gasteiger charge is 2.42. The van der Waals surface area contributed by atoms with Gasteiger partial charge in [-0.2, -0.15) is 0 Å². The summed E-state index contributed by atoms with van der Waals surface area (Å²) in [6, 6.07) is 16.4. The molecule has 1 atom stereocenters. The Labute approximate surface area is 206 Å². The van der Waals surface area contributed by atoms with E-state index in [4.69, 9.17) is 25.5 Å². The number of aromatic hydroxyl groups is 1. The molecule has 7 nitrogen and oxygen atoms in total. The summed E-state index contributed by atoms with van der Waals surface area (Å²) >= 11 is 6.14. The number of benzene rings is 3. The standard InChI is InChI=1S/C27H22ClNO6/c1-33-18-7-3-15(4-8-18)11-12-29-24(16-5-9-20(30)22(13-16)34-2)23-25(31)19-14-17(28)6-10-21(19)35-26(23)27(29)32/h3-10,13-14,24,30H,11-12H2,1-2H3/t24-/m0/s1. The SMILES string of the molecule is COc1ccc(CCN2C(=O)c3oc4ccc(Cl)cc4c(=O)c3[C@@H]2c2ccc(O)c(OC)c2)cc1. The molecule has 0 bridgehead atoms. The highest BCUT2D eigenvalue weighted by molar-refractivity contribution is 6.31. The fraction of sp³-hybridized carbons (Fsp3) is 0.185. The van der Waals surface area contributed by atoms with Gasteiger partial charge in [-0.15, -0.1) is 0 Å². The van der Waals surface area contributed by atoms with E-state index in [9.17, 15) is 14.7 Å². The Bertz CT molecular complexity index is 1490. The molecule has 5 rings (SSSR count). The van der Waals surface area contributed by atoms with Gasteiger partial charge >= 0.3 is 0 Å². The molecule has 0 saturated heterocycles. The van der Waals surface area contributed by atoms with Crippen LogP contribution in [0.2, 0.25) is 5.02 Å². The van der Waals surface area contributed by atoms with Crippen LogP contribution in [0.15, 0.2) is 69.9 Å². The van der Waals surface area contributed by atoms with E-state index in [1.54, 1.807) is 42.3 Å². The van der Waals surface area contributed by atoms with E-state index >= 15 is 0 Å². The number of carbonyl (C=O) groups is 1. The minimum atomic E-state index is -0.718. The maximum atomic E-state index is 13.6. The number of phenols is 1. The molecule has 0 aliphatic carbocycles. The molecule has 1 aromatic heterocycles. The molecule has 1 aliphatic rings. The molecule has 8 heteroatoms. The molecule has 3 aromatic carbocycles. The summed E-state index contributed by atoms with van der Waals surface area (Å²) in [5.74, 6) is 0.582. The fourth-order valence-electron chi connectivity index (χ4n) is 4.48. The number of hydrogen-bond acceptors (Lipinski definition) is 6. The first-order chi connectivity index (χ1) is 16.9. The number of nitrogens with zero attached hydrogens (tertiary/aromatic N) is 1. The molecule has 1 aliphatic heterocycles. The van der Waals surface area contributed by atoms with Crippen molar-refractivity contribution in [2.24, 2.45) is 0 Å². The molecule has 35 heavy (non-hydrogen) atoms. The summed E-state index contributed by atoms with van der Waals surface area (Å²) < 4.78 is 16.4. The number of rotatable bonds is 6. The zero-order chi connectivity index (χ0) is 24.7. The summed E-state index contributed by atoms with van der Waals surface area (Å²) in [7, 11) is 3.05. The van der Waals surface area contributed by atoms with Gasteiger partial charge in [0.25, 0.3) is 5.91 Å². The van der Waals surface area contributed by atoms with Crippen LogP contribution < -0.4 is 14.9 Å². The molecule has 178 valence electrons. The van der Waals surface area contributed by atoms with Crippen molar-refractivity contribution in [2.45, 2.75) is 12.5 Å². The van der Waals surface area contributed by atoms with Crippen molar-refractivity contribution in [3.05, 3.63) is 98.4 Å². The van der Waals surface area contributed by atoms with Gasteiger partial charge in [-0.1, -0.05) is 29.8 Å². The van der Waals surface area contributed by atoms with Crippen molar-refractivity contribution in [3.63, 3.8) is 0 Å². The number of ether oxygens (including phenoxy) is 2. The molecule has 0 saturated carbocycles. The molecule has 0 unspecified atom stereocenters. The van der Waals surface area contributed by atoms with Gasteiger partial charge in [0, 0.05) is 11.6 Å². The van der Waals surface area contributed by atoms with Gasteiger partial charge in [0.15, 0.2) is 16.9 Å². The minimum absolute atomic E-state index is 0.0107. The molecule has 4 aromatic rings. The van der Waals surface area contributed by atoms with Crippen molar-refractivity contribution < 1.29 is 23.8 Å². The Morgan fingerprint density at radius 3 is 2.49 bits per heavy atom. The second-order valence-corrected chi connectivity index (χ2v) is 8.68. The molecule has 1 amide bonds. The number of halogens is 1. The fourth-order valence-corrected chi connectivity index (χ4v) is 4.65. The molecular formula is C27H22ClNO6. The van der Waals surface area contributed by atoms with Crippen molar-refractivity contribution in [2.75, 3.05) is 20.8 Å². The number of carbonyl (C=O) groups excluding carboxylic acids is 1. The molecule has 0 fully saturated rings. The average molecular weight is 492 g/mol. The molecule has 0 spiro atoms. The molecule has 0 radical (unpaired) electrons. The van der Waals surface area contributed by atoms with Crippen molar-refractivity contribution in [1.29, 1.82) is 0 Å². The van der Waals surface area contributed by atoms with Crippen LogP contribution in [-0.2, 0) is 6.42 Å². The lowest BCUT2D eigenvalue weighted by Crippen LogP contribution is -2.31. The third-order valence-electron chi connectivity index (χ3n) is 6.25. The van der Waals surface area contributed by atoms with Crippen molar-refractivity contribution in [1.82, 2.24) is 4.90 Å². The highest BCUT2D eigenvalue weighted by Crippen LogP contribution is 2.41. The van der Waals surface area contributed by atoms with Crippen molar-refractivity contribution >= 4 is 28.5 Å². The normalized spacial score (nSPS) is 14.9. The summed E-state index contributed by atoms with van der Waals surface area (Å²) in [6.45, 7) is 0.333. The van der Waals surface area contributed by atoms with Crippen molar-refractivity contribution in [3.8, 4) is 17.2 Å². The first kappa shape index (κ1) is 22.8. The highest BCUT2D eigenvalue weighted by atomic mass is 35.5. The Hall–Kier alpha value is -3.97. The van der Waals surface area contributed by atoms with Crippen LogP contribution in [0.3, 0.4) is 0 Å². The monoisotopic (exact) mass is 491 g/mol. The van der Waals surface area contributed by atoms with Crippen LogP contribution >= 0.6 is 11.6 Å². The summed E-state index contributed by atoms with van der Waals surface area (Å²) in [5, 5.41) is 10.8. The van der Waals surface area contributed by atoms with E-state index in [0.717, 1.165) is 11.3 Å². The quantitative estimate of drug-likeness (QED) is 0.410. The minimum Gasteiger partial charge on any atom is -0.504 e. The van der Waals surface area contributed by atoms with Crippen LogP contribution in [0, 0.1) is 0 Å². The van der Waals surface area contributed by atoms with Gasteiger partial charge in [0.2, 0.25) is 5.76 Å². The average Bonchev–Trinajstić information content (AvgIpc) is 3.15. The summed E-state index contributed by atoms with van der Waals surface area (Å²) in [6.07, 6.45) is 0.551. The van der Waals surface area contributed by atoms with Gasteiger partial charge in [0.05, 0.1) is 31.2 Å². The Kier molecular flexibility index (Phi) is 5.86. The van der Waals surface area contributed by atoms with E-state index < -0.39 is 6.04 Å². The zero-order valence-electron chi connectivity index (χ0n) is 19.1. The summed E-state index contributed by atoms with van der Waals surface area (Å²) in [4.78, 5) is 28.8. The number of fused-ring (bicyclic) bond motifs is 2. The lowest BCUT2D eigenvalue weighted by molar-refractivity contribution is 0.0730. The van der Waals surface area contributed by atoms with Gasteiger partial charge < -0.3 is 23.9 Å². The van der Waals surface area contributed by atoms with E-state index in [1.165, 1.54) is 13.2 Å². The maximum Gasteiger partial charge on any atom is 0.290 e. The van der Waals surface area contributed by atoms with Gasteiger partial charge in [0.1, 0.15) is 11.3 Å². The third kappa shape index (κ3) is 3.98. The van der Waals surface area contributed by atoms with Crippen LogP contribution in [0.25, 0.3) is 11.0 Å². The first-order valence-electron chi connectivity index (χ1n) is 11.0. The number of phenolic OH excluding ortho intramolecular Hbond substituents is 1. The van der Waals surface area contributed by atoms with Crippen LogP contribution in [0.1, 0.15) is 33.3 Å². The predicted molar refractivity (Wildman–Crippen MR) is 132 cm³/mol. The molecular weight excluding hydrogens is 470 g/mol. The van der Waals surface area contributed by atoms with E-state index in [2.05, 4.69) is 0 Å². The Balaban J connectivity index is 1.62.